The van der Waals surface area contributed by atoms with E-state index in [1.807, 2.05) is 24.3 Å². The van der Waals surface area contributed by atoms with Crippen LogP contribution >= 0.6 is 0 Å². The SMILES string of the molecule is Cn1cc(-c2cc([N+](=O)[O-])ccc2Oc2ccccc2)c2cc[nH]c2c1=O.Oc1ccccc1. The molecule has 3 aromatic carbocycles. The number of hydrogen-bond acceptors (Lipinski definition) is 5. The predicted molar refractivity (Wildman–Crippen MR) is 130 cm³/mol. The van der Waals surface area contributed by atoms with Crippen molar-refractivity contribution in [2.45, 2.75) is 0 Å². The molecule has 0 saturated carbocycles. The van der Waals surface area contributed by atoms with Gasteiger partial charge in [0.25, 0.3) is 11.2 Å². The Morgan fingerprint density at radius 1 is 0.941 bits per heavy atom. The van der Waals surface area contributed by atoms with Crippen LogP contribution < -0.4 is 10.3 Å². The third-order valence-corrected chi connectivity index (χ3v) is 5.09. The molecule has 0 saturated heterocycles. The number of H-pyrrole nitrogens is 1. The van der Waals surface area contributed by atoms with Gasteiger partial charge in [0.15, 0.2) is 0 Å². The highest BCUT2D eigenvalue weighted by Crippen LogP contribution is 2.38. The first-order valence-corrected chi connectivity index (χ1v) is 10.4. The number of aryl methyl sites for hydroxylation is 1. The van der Waals surface area contributed by atoms with Gasteiger partial charge in [-0.15, -0.1) is 0 Å². The highest BCUT2D eigenvalue weighted by Gasteiger charge is 2.18. The third-order valence-electron chi connectivity index (χ3n) is 5.09. The number of rotatable bonds is 4. The molecular formula is C26H21N3O5. The van der Waals surface area contributed by atoms with Crippen LogP contribution in [-0.4, -0.2) is 19.6 Å². The summed E-state index contributed by atoms with van der Waals surface area (Å²) in [7, 11) is 1.64. The fourth-order valence-electron chi connectivity index (χ4n) is 3.46. The van der Waals surface area contributed by atoms with E-state index in [-0.39, 0.29) is 11.2 Å². The van der Waals surface area contributed by atoms with Gasteiger partial charge in [0.2, 0.25) is 0 Å². The Morgan fingerprint density at radius 3 is 2.24 bits per heavy atom. The summed E-state index contributed by atoms with van der Waals surface area (Å²) in [6.45, 7) is 0. The minimum absolute atomic E-state index is 0.0528. The lowest BCUT2D eigenvalue weighted by atomic mass is 10.0. The van der Waals surface area contributed by atoms with Gasteiger partial charge >= 0.3 is 0 Å². The lowest BCUT2D eigenvalue weighted by Crippen LogP contribution is -2.16. The van der Waals surface area contributed by atoms with E-state index in [0.29, 0.717) is 39.3 Å². The molecule has 0 radical (unpaired) electrons. The van der Waals surface area contributed by atoms with Crippen LogP contribution in [0, 0.1) is 10.1 Å². The molecule has 8 heteroatoms. The summed E-state index contributed by atoms with van der Waals surface area (Å²) in [6, 6.07) is 24.1. The van der Waals surface area contributed by atoms with Crippen molar-refractivity contribution < 1.29 is 14.8 Å². The molecule has 0 amide bonds. The maximum Gasteiger partial charge on any atom is 0.274 e. The fraction of sp³-hybridized carbons (Fsp3) is 0.0385. The lowest BCUT2D eigenvalue weighted by molar-refractivity contribution is -0.384. The molecule has 0 fully saturated rings. The number of benzene rings is 3. The van der Waals surface area contributed by atoms with Gasteiger partial charge in [0.05, 0.1) is 4.92 Å². The summed E-state index contributed by atoms with van der Waals surface area (Å²) in [5.41, 5.74) is 1.42. The number of nitro groups is 1. The van der Waals surface area contributed by atoms with E-state index in [0.717, 1.165) is 0 Å². The summed E-state index contributed by atoms with van der Waals surface area (Å²) >= 11 is 0. The van der Waals surface area contributed by atoms with Crippen LogP contribution in [0.15, 0.2) is 102 Å². The number of phenols is 1. The van der Waals surface area contributed by atoms with E-state index in [9.17, 15) is 14.9 Å². The second-order valence-electron chi connectivity index (χ2n) is 7.41. The van der Waals surface area contributed by atoms with Crippen LogP contribution in [-0.2, 0) is 7.05 Å². The standard InChI is InChI=1S/C20H15N3O4.C6H6O/c1-22-12-17(15-9-10-21-19(15)20(22)24)16-11-13(23(25)26)7-8-18(16)27-14-5-3-2-4-6-14;7-6-4-2-1-3-5-6/h2-12,21H,1H3;1-5,7H. The highest BCUT2D eigenvalue weighted by atomic mass is 16.6. The molecule has 8 nitrogen and oxygen atoms in total. The molecule has 0 unspecified atom stereocenters. The van der Waals surface area contributed by atoms with Crippen molar-refractivity contribution in [2.75, 3.05) is 0 Å². The Morgan fingerprint density at radius 2 is 1.62 bits per heavy atom. The summed E-state index contributed by atoms with van der Waals surface area (Å²) in [6.07, 6.45) is 3.33. The summed E-state index contributed by atoms with van der Waals surface area (Å²) < 4.78 is 7.42. The monoisotopic (exact) mass is 455 g/mol. The topological polar surface area (TPSA) is 110 Å². The number of nitrogens with zero attached hydrogens (tertiary/aromatic N) is 2. The van der Waals surface area contributed by atoms with Gasteiger partial charge in [-0.1, -0.05) is 36.4 Å². The maximum absolute atomic E-state index is 12.3. The predicted octanol–water partition coefficient (Wildman–Crippen LogP) is 5.63. The Kier molecular flexibility index (Phi) is 6.40. The van der Waals surface area contributed by atoms with Gasteiger partial charge < -0.3 is 19.4 Å². The average molecular weight is 455 g/mol. The number of phenolic OH excluding ortho intramolecular Hbond substituents is 1. The number of para-hydroxylation sites is 2. The molecule has 170 valence electrons. The number of fused-ring (bicyclic) bond motifs is 1. The van der Waals surface area contributed by atoms with E-state index >= 15 is 0 Å². The van der Waals surface area contributed by atoms with E-state index < -0.39 is 4.92 Å². The molecule has 0 spiro atoms. The molecule has 5 aromatic rings. The van der Waals surface area contributed by atoms with E-state index in [1.165, 1.54) is 16.7 Å². The number of nitrogens with one attached hydrogen (secondary N) is 1. The first-order chi connectivity index (χ1) is 16.4. The van der Waals surface area contributed by atoms with Crippen molar-refractivity contribution in [3.63, 3.8) is 0 Å². The van der Waals surface area contributed by atoms with E-state index in [4.69, 9.17) is 9.84 Å². The van der Waals surface area contributed by atoms with Crippen LogP contribution in [0.4, 0.5) is 5.69 Å². The molecule has 0 aliphatic rings. The Balaban J connectivity index is 0.000000336. The van der Waals surface area contributed by atoms with E-state index in [1.54, 1.807) is 68.0 Å². The number of pyridine rings is 1. The van der Waals surface area contributed by atoms with E-state index in [2.05, 4.69) is 4.98 Å². The van der Waals surface area contributed by atoms with Crippen LogP contribution in [0.3, 0.4) is 0 Å². The van der Waals surface area contributed by atoms with Gasteiger partial charge in [0, 0.05) is 48.1 Å². The highest BCUT2D eigenvalue weighted by molar-refractivity contribution is 5.96. The second kappa shape index (κ2) is 9.74. The molecule has 2 N–H and O–H groups in total. The minimum Gasteiger partial charge on any atom is -0.508 e. The second-order valence-corrected chi connectivity index (χ2v) is 7.41. The smallest absolute Gasteiger partial charge is 0.274 e. The number of aromatic hydroxyl groups is 1. The molecule has 0 aliphatic heterocycles. The number of hydrogen-bond donors (Lipinski definition) is 2. The van der Waals surface area contributed by atoms with Crippen molar-refractivity contribution >= 4 is 16.6 Å². The normalized spacial score (nSPS) is 10.4. The number of aromatic nitrogens is 2. The summed E-state index contributed by atoms with van der Waals surface area (Å²) in [5, 5.41) is 20.6. The molecule has 2 heterocycles. The van der Waals surface area contributed by atoms with Crippen molar-refractivity contribution in [1.82, 2.24) is 9.55 Å². The largest absolute Gasteiger partial charge is 0.508 e. The molecule has 0 aliphatic carbocycles. The molecule has 0 atom stereocenters. The van der Waals surface area contributed by atoms with Gasteiger partial charge in [-0.25, -0.2) is 0 Å². The number of non-ortho nitro benzene ring substituents is 1. The number of nitro benzene ring substituents is 1. The van der Waals surface area contributed by atoms with Crippen molar-refractivity contribution in [3.05, 3.63) is 118 Å². The first kappa shape index (κ1) is 22.3. The van der Waals surface area contributed by atoms with Gasteiger partial charge in [0.1, 0.15) is 22.8 Å². The Bertz CT molecular complexity index is 1490. The third kappa shape index (κ3) is 4.81. The zero-order chi connectivity index (χ0) is 24.1. The molecular weight excluding hydrogens is 434 g/mol. The number of ether oxygens (including phenoxy) is 1. The van der Waals surface area contributed by atoms with Crippen LogP contribution in [0.2, 0.25) is 0 Å². The van der Waals surface area contributed by atoms with Crippen molar-refractivity contribution in [2.24, 2.45) is 7.05 Å². The molecule has 0 bridgehead atoms. The van der Waals surface area contributed by atoms with Gasteiger partial charge in [-0.3, -0.25) is 14.9 Å². The van der Waals surface area contributed by atoms with Gasteiger partial charge in [-0.05, 0) is 36.4 Å². The van der Waals surface area contributed by atoms with Gasteiger partial charge in [-0.2, -0.15) is 0 Å². The summed E-state index contributed by atoms with van der Waals surface area (Å²) in [5.74, 6) is 1.40. The quantitative estimate of drug-likeness (QED) is 0.270. The maximum atomic E-state index is 12.3. The van der Waals surface area contributed by atoms with Crippen LogP contribution in [0.1, 0.15) is 0 Å². The van der Waals surface area contributed by atoms with Crippen molar-refractivity contribution in [1.29, 1.82) is 0 Å². The van der Waals surface area contributed by atoms with Crippen LogP contribution in [0.25, 0.3) is 22.0 Å². The van der Waals surface area contributed by atoms with Crippen molar-refractivity contribution in [3.8, 4) is 28.4 Å². The number of aromatic amines is 1. The minimum atomic E-state index is -0.452. The first-order valence-electron chi connectivity index (χ1n) is 10.4. The lowest BCUT2D eigenvalue weighted by Gasteiger charge is -2.13. The summed E-state index contributed by atoms with van der Waals surface area (Å²) in [4.78, 5) is 26.1. The zero-order valence-electron chi connectivity index (χ0n) is 18.2. The molecule has 2 aromatic heterocycles. The molecule has 5 rings (SSSR count). The zero-order valence-corrected chi connectivity index (χ0v) is 18.2. The molecule has 34 heavy (non-hydrogen) atoms. The van der Waals surface area contributed by atoms with Crippen LogP contribution in [0.5, 0.6) is 17.2 Å². The Labute approximate surface area is 194 Å². The Hall–Kier alpha value is -4.85. The average Bonchev–Trinajstić information content (AvgIpc) is 3.34. The fourth-order valence-corrected chi connectivity index (χ4v) is 3.46.